The van der Waals surface area contributed by atoms with Gasteiger partial charge in [0.15, 0.2) is 0 Å². The molecule has 1 heterocycles. The van der Waals surface area contributed by atoms with Crippen LogP contribution in [0.25, 0.3) is 0 Å². The predicted molar refractivity (Wildman–Crippen MR) is 82.4 cm³/mol. The normalized spacial score (nSPS) is 19.9. The van der Waals surface area contributed by atoms with Crippen molar-refractivity contribution in [1.29, 1.82) is 0 Å². The first kappa shape index (κ1) is 14.8. The molecule has 0 aromatic carbocycles. The minimum atomic E-state index is 0.268. The second-order valence-electron chi connectivity index (χ2n) is 6.18. The van der Waals surface area contributed by atoms with E-state index in [2.05, 4.69) is 31.1 Å². The minimum Gasteiger partial charge on any atom is -0.313 e. The zero-order valence-corrected chi connectivity index (χ0v) is 13.3. The fourth-order valence-corrected chi connectivity index (χ4v) is 3.11. The van der Waals surface area contributed by atoms with Crippen LogP contribution in [0.3, 0.4) is 0 Å². The van der Waals surface area contributed by atoms with Crippen LogP contribution in [-0.4, -0.2) is 21.8 Å². The Morgan fingerprint density at radius 3 is 2.84 bits per heavy atom. The summed E-state index contributed by atoms with van der Waals surface area (Å²) < 4.78 is 0.268. The Balaban J connectivity index is 2.15. The minimum absolute atomic E-state index is 0.268. The van der Waals surface area contributed by atoms with Gasteiger partial charge in [-0.2, -0.15) is 0 Å². The van der Waals surface area contributed by atoms with Crippen molar-refractivity contribution in [2.24, 2.45) is 0 Å². The summed E-state index contributed by atoms with van der Waals surface area (Å²) in [7, 11) is 2.03. The molecule has 1 aliphatic carbocycles. The lowest BCUT2D eigenvalue weighted by Crippen LogP contribution is -2.18. The van der Waals surface area contributed by atoms with Gasteiger partial charge in [-0.25, -0.2) is 9.97 Å². The zero-order chi connectivity index (χ0) is 13.9. The number of fused-ring (bicyclic) bond motifs is 1. The maximum Gasteiger partial charge on any atom is 0.138 e. The van der Waals surface area contributed by atoms with E-state index in [1.54, 1.807) is 0 Å². The first-order chi connectivity index (χ1) is 8.99. The van der Waals surface area contributed by atoms with E-state index in [-0.39, 0.29) is 4.75 Å². The third kappa shape index (κ3) is 4.18. The summed E-state index contributed by atoms with van der Waals surface area (Å²) in [6, 6.07) is 0.432. The fourth-order valence-electron chi connectivity index (χ4n) is 2.41. The van der Waals surface area contributed by atoms with E-state index in [1.165, 1.54) is 30.5 Å². The summed E-state index contributed by atoms with van der Waals surface area (Å²) in [6.45, 7) is 6.70. The quantitative estimate of drug-likeness (QED) is 0.859. The molecule has 0 saturated carbocycles. The van der Waals surface area contributed by atoms with Gasteiger partial charge in [-0.15, -0.1) is 11.8 Å². The largest absolute Gasteiger partial charge is 0.313 e. The van der Waals surface area contributed by atoms with E-state index in [1.807, 2.05) is 25.0 Å². The maximum absolute atomic E-state index is 4.80. The Morgan fingerprint density at radius 1 is 1.37 bits per heavy atom. The van der Waals surface area contributed by atoms with Crippen molar-refractivity contribution in [2.45, 2.75) is 63.0 Å². The van der Waals surface area contributed by atoms with Crippen LogP contribution in [-0.2, 0) is 12.2 Å². The molecule has 1 aliphatic rings. The fraction of sp³-hybridized carbons (Fsp3) is 0.733. The summed E-state index contributed by atoms with van der Waals surface area (Å²) in [5.74, 6) is 1.89. The molecule has 0 bridgehead atoms. The summed E-state index contributed by atoms with van der Waals surface area (Å²) in [5, 5.41) is 3.39. The highest BCUT2D eigenvalue weighted by Crippen LogP contribution is 2.29. The van der Waals surface area contributed by atoms with Gasteiger partial charge in [0.1, 0.15) is 5.82 Å². The third-order valence-corrected chi connectivity index (χ3v) is 4.73. The van der Waals surface area contributed by atoms with Crippen LogP contribution >= 0.6 is 11.8 Å². The lowest BCUT2D eigenvalue weighted by atomic mass is 10.1. The Hall–Kier alpha value is -0.610. The van der Waals surface area contributed by atoms with Gasteiger partial charge in [-0.05, 0) is 26.3 Å². The lowest BCUT2D eigenvalue weighted by Gasteiger charge is -2.18. The van der Waals surface area contributed by atoms with Crippen LogP contribution in [0.5, 0.6) is 0 Å². The first-order valence-corrected chi connectivity index (χ1v) is 8.14. The average Bonchev–Trinajstić information content (AvgIpc) is 2.56. The van der Waals surface area contributed by atoms with Crippen molar-refractivity contribution in [3.8, 4) is 0 Å². The molecule has 0 aliphatic heterocycles. The molecule has 1 aromatic heterocycles. The van der Waals surface area contributed by atoms with Gasteiger partial charge >= 0.3 is 0 Å². The number of hydrogen-bond acceptors (Lipinski definition) is 4. The monoisotopic (exact) mass is 279 g/mol. The molecule has 3 nitrogen and oxygen atoms in total. The van der Waals surface area contributed by atoms with E-state index in [9.17, 15) is 0 Å². The van der Waals surface area contributed by atoms with Crippen molar-refractivity contribution in [3.63, 3.8) is 0 Å². The van der Waals surface area contributed by atoms with Gasteiger partial charge in [0.2, 0.25) is 0 Å². The molecule has 4 heteroatoms. The average molecular weight is 279 g/mol. The number of aromatic nitrogens is 2. The summed E-state index contributed by atoms with van der Waals surface area (Å²) in [6.07, 6.45) is 6.86. The highest BCUT2D eigenvalue weighted by molar-refractivity contribution is 7.99. The van der Waals surface area contributed by atoms with E-state index < -0.39 is 0 Å². The standard InChI is InChI=1S/C15H25N3S/c1-15(2,3)19-10-14-17-9-11-12(16-4)7-5-6-8-13(11)18-14/h9,12,16H,5-8,10H2,1-4H3. The van der Waals surface area contributed by atoms with Gasteiger partial charge in [-0.1, -0.05) is 27.2 Å². The second-order valence-corrected chi connectivity index (χ2v) is 7.98. The molecule has 19 heavy (non-hydrogen) atoms. The van der Waals surface area contributed by atoms with E-state index >= 15 is 0 Å². The number of nitrogens with one attached hydrogen (secondary N) is 1. The van der Waals surface area contributed by atoms with E-state index in [4.69, 9.17) is 4.98 Å². The molecule has 0 saturated heterocycles. The van der Waals surface area contributed by atoms with Crippen LogP contribution < -0.4 is 5.32 Å². The molecule has 1 aromatic rings. The van der Waals surface area contributed by atoms with Crippen LogP contribution in [0, 0.1) is 0 Å². The van der Waals surface area contributed by atoms with Crippen molar-refractivity contribution < 1.29 is 0 Å². The summed E-state index contributed by atoms with van der Waals surface area (Å²) in [4.78, 5) is 9.37. The molecular formula is C15H25N3S. The Bertz CT molecular complexity index is 426. The third-order valence-electron chi connectivity index (χ3n) is 3.46. The van der Waals surface area contributed by atoms with Crippen molar-refractivity contribution in [1.82, 2.24) is 15.3 Å². The van der Waals surface area contributed by atoms with Crippen molar-refractivity contribution >= 4 is 11.8 Å². The highest BCUT2D eigenvalue weighted by atomic mass is 32.2. The smallest absolute Gasteiger partial charge is 0.138 e. The molecule has 0 radical (unpaired) electrons. The van der Waals surface area contributed by atoms with Crippen LogP contribution in [0.2, 0.25) is 0 Å². The number of aryl methyl sites for hydroxylation is 1. The van der Waals surface area contributed by atoms with Crippen LogP contribution in [0.1, 0.15) is 63.2 Å². The predicted octanol–water partition coefficient (Wildman–Crippen LogP) is 3.50. The molecule has 1 unspecified atom stereocenters. The maximum atomic E-state index is 4.80. The molecular weight excluding hydrogens is 254 g/mol. The van der Waals surface area contributed by atoms with E-state index in [0.717, 1.165) is 18.0 Å². The number of rotatable bonds is 3. The summed E-state index contributed by atoms with van der Waals surface area (Å²) in [5.41, 5.74) is 2.57. The Kier molecular flexibility index (Phi) is 4.85. The van der Waals surface area contributed by atoms with Crippen molar-refractivity contribution in [2.75, 3.05) is 7.05 Å². The van der Waals surface area contributed by atoms with Gasteiger partial charge in [0.25, 0.3) is 0 Å². The molecule has 1 N–H and O–H groups in total. The highest BCUT2D eigenvalue weighted by Gasteiger charge is 2.20. The second kappa shape index (κ2) is 6.23. The zero-order valence-electron chi connectivity index (χ0n) is 12.5. The van der Waals surface area contributed by atoms with Gasteiger partial charge in [-0.3, -0.25) is 0 Å². The molecule has 0 amide bonds. The number of hydrogen-bond donors (Lipinski definition) is 1. The SMILES string of the molecule is CNC1CCCCc2nc(CSC(C)(C)C)ncc21. The molecule has 0 spiro atoms. The molecule has 106 valence electrons. The van der Waals surface area contributed by atoms with Gasteiger partial charge in [0.05, 0.1) is 5.75 Å². The van der Waals surface area contributed by atoms with Crippen LogP contribution in [0.15, 0.2) is 6.20 Å². The molecule has 0 fully saturated rings. The molecule has 2 rings (SSSR count). The first-order valence-electron chi connectivity index (χ1n) is 7.15. The van der Waals surface area contributed by atoms with Gasteiger partial charge < -0.3 is 5.32 Å². The van der Waals surface area contributed by atoms with E-state index in [0.29, 0.717) is 6.04 Å². The van der Waals surface area contributed by atoms with Crippen molar-refractivity contribution in [3.05, 3.63) is 23.3 Å². The Morgan fingerprint density at radius 2 is 2.16 bits per heavy atom. The Labute approximate surface area is 121 Å². The summed E-state index contributed by atoms with van der Waals surface area (Å²) >= 11 is 1.91. The van der Waals surface area contributed by atoms with Gasteiger partial charge in [0, 0.05) is 28.2 Å². The topological polar surface area (TPSA) is 37.8 Å². The van der Waals surface area contributed by atoms with Crippen LogP contribution in [0.4, 0.5) is 0 Å². The lowest BCUT2D eigenvalue weighted by molar-refractivity contribution is 0.531. The number of nitrogens with zero attached hydrogens (tertiary/aromatic N) is 2. The number of thioether (sulfide) groups is 1. The molecule has 1 atom stereocenters.